The number of hydrogen-bond acceptors (Lipinski definition) is 6. The molecule has 1 aromatic heterocycles. The summed E-state index contributed by atoms with van der Waals surface area (Å²) in [4.78, 5) is 27.6. The zero-order valence-corrected chi connectivity index (χ0v) is 16.1. The van der Waals surface area contributed by atoms with E-state index in [1.165, 1.54) is 11.3 Å². The molecule has 1 aliphatic carbocycles. The molecule has 2 amide bonds. The van der Waals surface area contributed by atoms with Crippen LogP contribution in [0, 0.1) is 17.2 Å². The van der Waals surface area contributed by atoms with Gasteiger partial charge in [0.1, 0.15) is 12.4 Å². The van der Waals surface area contributed by atoms with Crippen molar-refractivity contribution in [3.63, 3.8) is 0 Å². The summed E-state index contributed by atoms with van der Waals surface area (Å²) in [5.74, 6) is 0.864. The molecule has 2 fully saturated rings. The largest absolute Gasteiger partial charge is 0.447 e. The SMILES string of the molecule is CCC.N#CC1CC1.Nc1cc(N2CCOC2=O)cc2cc(NC=O)ncc12. The number of ether oxygens (including phenoxy) is 1. The fourth-order valence-corrected chi connectivity index (χ4v) is 2.41. The number of nitrogens with zero attached hydrogens (tertiary/aromatic N) is 3. The number of fused-ring (bicyclic) bond motifs is 1. The van der Waals surface area contributed by atoms with Crippen LogP contribution in [0.15, 0.2) is 24.4 Å². The van der Waals surface area contributed by atoms with Crippen LogP contribution in [0.4, 0.5) is 22.0 Å². The number of hydrogen-bond donors (Lipinski definition) is 2. The summed E-state index contributed by atoms with van der Waals surface area (Å²) in [6.07, 6.45) is 5.30. The van der Waals surface area contributed by atoms with E-state index in [0.29, 0.717) is 42.7 Å². The van der Waals surface area contributed by atoms with Gasteiger partial charge >= 0.3 is 6.09 Å². The van der Waals surface area contributed by atoms with Crippen LogP contribution in [0.1, 0.15) is 33.1 Å². The molecule has 1 aliphatic heterocycles. The van der Waals surface area contributed by atoms with E-state index in [2.05, 4.69) is 30.2 Å². The highest BCUT2D eigenvalue weighted by molar-refractivity contribution is 6.00. The molecule has 2 heterocycles. The number of amides is 2. The second-order valence-electron chi connectivity index (χ2n) is 6.46. The second kappa shape index (κ2) is 10.1. The van der Waals surface area contributed by atoms with Gasteiger partial charge in [0.25, 0.3) is 0 Å². The summed E-state index contributed by atoms with van der Waals surface area (Å²) < 4.78 is 4.91. The Balaban J connectivity index is 0.000000295. The number of anilines is 3. The maximum Gasteiger partial charge on any atom is 0.414 e. The molecule has 8 heteroatoms. The van der Waals surface area contributed by atoms with E-state index < -0.39 is 0 Å². The van der Waals surface area contributed by atoms with Crippen LogP contribution in [0.5, 0.6) is 0 Å². The molecule has 2 aromatic rings. The number of cyclic esters (lactones) is 1. The molecule has 0 radical (unpaired) electrons. The maximum absolute atomic E-state index is 11.6. The monoisotopic (exact) mass is 383 g/mol. The van der Waals surface area contributed by atoms with Crippen molar-refractivity contribution < 1.29 is 14.3 Å². The van der Waals surface area contributed by atoms with Crippen molar-refractivity contribution in [2.75, 3.05) is 29.1 Å². The number of rotatable bonds is 3. The lowest BCUT2D eigenvalue weighted by Crippen LogP contribution is -2.23. The van der Waals surface area contributed by atoms with Crippen molar-refractivity contribution in [3.8, 4) is 6.07 Å². The molecule has 28 heavy (non-hydrogen) atoms. The number of nitrogens with one attached hydrogen (secondary N) is 1. The molecule has 0 atom stereocenters. The number of carbonyl (C=O) groups is 2. The van der Waals surface area contributed by atoms with Gasteiger partial charge in [0.15, 0.2) is 0 Å². The Kier molecular flexibility index (Phi) is 7.57. The standard InChI is InChI=1S/C13H12N4O3.C4H5N.C3H8/c14-11-5-9(17-1-2-20-13(17)19)3-8-4-12(16-7-18)15-6-10(8)11;5-3-4-1-2-4;1-3-2/h3-7H,1-2,14H2,(H,15,16,18);4H,1-2H2;3H2,1-2H3. The molecule has 8 nitrogen and oxygen atoms in total. The van der Waals surface area contributed by atoms with Gasteiger partial charge in [-0.3, -0.25) is 9.69 Å². The van der Waals surface area contributed by atoms with E-state index in [0.717, 1.165) is 23.6 Å². The lowest BCUT2D eigenvalue weighted by molar-refractivity contribution is -0.105. The Morgan fingerprint density at radius 1 is 1.39 bits per heavy atom. The molecule has 0 unspecified atom stereocenters. The van der Waals surface area contributed by atoms with Gasteiger partial charge in [0.05, 0.1) is 12.6 Å². The first-order valence-electron chi connectivity index (χ1n) is 9.27. The van der Waals surface area contributed by atoms with E-state index in [1.807, 2.05) is 6.07 Å². The van der Waals surface area contributed by atoms with Crippen LogP contribution in [0.2, 0.25) is 0 Å². The smallest absolute Gasteiger partial charge is 0.414 e. The number of benzene rings is 1. The molecule has 0 bridgehead atoms. The molecule has 0 spiro atoms. The zero-order chi connectivity index (χ0) is 20.5. The van der Waals surface area contributed by atoms with E-state index in [4.69, 9.17) is 15.7 Å². The first-order valence-corrected chi connectivity index (χ1v) is 9.27. The lowest BCUT2D eigenvalue weighted by Gasteiger charge is -2.15. The summed E-state index contributed by atoms with van der Waals surface area (Å²) in [5.41, 5.74) is 7.17. The molecular formula is C20H25N5O3. The van der Waals surface area contributed by atoms with Crippen molar-refractivity contribution in [3.05, 3.63) is 24.4 Å². The number of nitriles is 1. The Hall–Kier alpha value is -3.34. The van der Waals surface area contributed by atoms with E-state index in [1.54, 1.807) is 18.3 Å². The minimum atomic E-state index is -0.385. The summed E-state index contributed by atoms with van der Waals surface area (Å²) in [6, 6.07) is 7.37. The zero-order valence-electron chi connectivity index (χ0n) is 16.1. The Morgan fingerprint density at radius 3 is 2.61 bits per heavy atom. The number of carbonyl (C=O) groups excluding carboxylic acids is 2. The molecule has 148 valence electrons. The summed E-state index contributed by atoms with van der Waals surface area (Å²) in [6.45, 7) is 5.11. The number of nitrogen functional groups attached to an aromatic ring is 1. The molecule has 1 saturated carbocycles. The van der Waals surface area contributed by atoms with Crippen LogP contribution >= 0.6 is 0 Å². The van der Waals surface area contributed by atoms with Crippen molar-refractivity contribution >= 4 is 40.5 Å². The normalized spacial score (nSPS) is 14.8. The quantitative estimate of drug-likeness (QED) is 0.616. The minimum Gasteiger partial charge on any atom is -0.447 e. The topological polar surface area (TPSA) is 121 Å². The van der Waals surface area contributed by atoms with Crippen LogP contribution in [-0.2, 0) is 9.53 Å². The van der Waals surface area contributed by atoms with Gasteiger partial charge in [0.2, 0.25) is 6.41 Å². The van der Waals surface area contributed by atoms with Crippen molar-refractivity contribution in [2.45, 2.75) is 33.1 Å². The molecule has 2 aliphatic rings. The number of nitrogens with two attached hydrogens (primary N) is 1. The lowest BCUT2D eigenvalue weighted by atomic mass is 10.1. The van der Waals surface area contributed by atoms with E-state index >= 15 is 0 Å². The molecular weight excluding hydrogens is 358 g/mol. The number of pyridine rings is 1. The number of aromatic nitrogens is 1. The van der Waals surface area contributed by atoms with Gasteiger partial charge in [-0.2, -0.15) is 5.26 Å². The van der Waals surface area contributed by atoms with Crippen molar-refractivity contribution in [2.24, 2.45) is 5.92 Å². The Bertz CT molecular complexity index is 874. The van der Waals surface area contributed by atoms with E-state index in [-0.39, 0.29) is 6.09 Å². The molecule has 1 saturated heterocycles. The molecule has 1 aromatic carbocycles. The van der Waals surface area contributed by atoms with Gasteiger partial charge in [-0.25, -0.2) is 9.78 Å². The molecule has 4 rings (SSSR count). The summed E-state index contributed by atoms with van der Waals surface area (Å²) in [7, 11) is 0. The highest BCUT2D eigenvalue weighted by Gasteiger charge is 2.24. The van der Waals surface area contributed by atoms with Crippen LogP contribution in [0.25, 0.3) is 10.8 Å². The predicted molar refractivity (Wildman–Crippen MR) is 109 cm³/mol. The third-order valence-electron chi connectivity index (χ3n) is 3.89. The minimum absolute atomic E-state index is 0.366. The van der Waals surface area contributed by atoms with Crippen LogP contribution in [0.3, 0.4) is 0 Å². The fourth-order valence-electron chi connectivity index (χ4n) is 2.41. The van der Waals surface area contributed by atoms with Crippen LogP contribution < -0.4 is 16.0 Å². The van der Waals surface area contributed by atoms with E-state index in [9.17, 15) is 9.59 Å². The first-order chi connectivity index (χ1) is 13.5. The van der Waals surface area contributed by atoms with Crippen molar-refractivity contribution in [1.82, 2.24) is 4.98 Å². The Labute approximate surface area is 164 Å². The van der Waals surface area contributed by atoms with Crippen molar-refractivity contribution in [1.29, 1.82) is 5.26 Å². The third kappa shape index (κ3) is 5.58. The van der Waals surface area contributed by atoms with Gasteiger partial charge in [0, 0.05) is 28.9 Å². The Morgan fingerprint density at radius 2 is 2.11 bits per heavy atom. The highest BCUT2D eigenvalue weighted by Crippen LogP contribution is 2.30. The summed E-state index contributed by atoms with van der Waals surface area (Å²) >= 11 is 0. The van der Waals surface area contributed by atoms with Gasteiger partial charge in [-0.1, -0.05) is 20.3 Å². The maximum atomic E-state index is 11.6. The second-order valence-corrected chi connectivity index (χ2v) is 6.46. The summed E-state index contributed by atoms with van der Waals surface area (Å²) in [5, 5.41) is 12.0. The molecule has 3 N–H and O–H groups in total. The fraction of sp³-hybridized carbons (Fsp3) is 0.400. The predicted octanol–water partition coefficient (Wildman–Crippen LogP) is 3.68. The van der Waals surface area contributed by atoms with Gasteiger partial charge < -0.3 is 15.8 Å². The highest BCUT2D eigenvalue weighted by atomic mass is 16.6. The third-order valence-corrected chi connectivity index (χ3v) is 3.89. The average Bonchev–Trinajstić information content (AvgIpc) is 3.42. The average molecular weight is 383 g/mol. The van der Waals surface area contributed by atoms with Gasteiger partial charge in [-0.05, 0) is 36.4 Å². The first kappa shape index (κ1) is 21.0. The van der Waals surface area contributed by atoms with Crippen LogP contribution in [-0.4, -0.2) is 30.6 Å². The van der Waals surface area contributed by atoms with Gasteiger partial charge in [-0.15, -0.1) is 0 Å².